The molecule has 3 nitrogen and oxygen atoms in total. The van der Waals surface area contributed by atoms with Gasteiger partial charge in [-0.05, 0) is 37.6 Å². The fourth-order valence-electron chi connectivity index (χ4n) is 1.71. The number of halogens is 1. The minimum atomic E-state index is -1.75. The van der Waals surface area contributed by atoms with Gasteiger partial charge in [-0.25, -0.2) is 9.97 Å². The number of aromatic nitrogens is 2. The molecule has 0 saturated carbocycles. The second-order valence-corrected chi connectivity index (χ2v) is 12.7. The molecule has 0 aromatic carbocycles. The third-order valence-corrected chi connectivity index (χ3v) is 8.74. The van der Waals surface area contributed by atoms with Crippen molar-refractivity contribution < 1.29 is 4.43 Å². The average molecular weight is 353 g/mol. The van der Waals surface area contributed by atoms with Crippen LogP contribution in [-0.2, 0) is 11.0 Å². The summed E-state index contributed by atoms with van der Waals surface area (Å²) in [6, 6.07) is 0. The molecule has 5 heteroatoms. The number of allylic oxidation sites excluding steroid dienone is 4. The zero-order chi connectivity index (χ0) is 17.7. The summed E-state index contributed by atoms with van der Waals surface area (Å²) in [4.78, 5) is 8.93. The topological polar surface area (TPSA) is 35.0 Å². The molecule has 0 bridgehead atoms. The Hall–Kier alpha value is -0.973. The van der Waals surface area contributed by atoms with E-state index in [0.717, 1.165) is 22.6 Å². The third kappa shape index (κ3) is 6.20. The van der Waals surface area contributed by atoms with Gasteiger partial charge in [0.25, 0.3) is 0 Å². The highest BCUT2D eigenvalue weighted by Gasteiger charge is 2.37. The van der Waals surface area contributed by atoms with Crippen LogP contribution in [0.4, 0.5) is 0 Å². The molecule has 0 fully saturated rings. The lowest BCUT2D eigenvalue weighted by Crippen LogP contribution is -2.40. The highest BCUT2D eigenvalue weighted by atomic mass is 35.5. The third-order valence-electron chi connectivity index (χ3n) is 4.15. The molecule has 0 N–H and O–H groups in total. The van der Waals surface area contributed by atoms with E-state index in [2.05, 4.69) is 56.8 Å². The van der Waals surface area contributed by atoms with Crippen LogP contribution in [0.1, 0.15) is 52.4 Å². The van der Waals surface area contributed by atoms with Crippen LogP contribution in [0, 0.1) is 0 Å². The van der Waals surface area contributed by atoms with Gasteiger partial charge in [-0.3, -0.25) is 0 Å². The molecule has 1 heterocycles. The van der Waals surface area contributed by atoms with Gasteiger partial charge in [0.1, 0.15) is 0 Å². The first-order chi connectivity index (χ1) is 10.6. The number of hydrogen-bond acceptors (Lipinski definition) is 3. The number of nitrogens with zero attached hydrogens (tertiary/aromatic N) is 2. The first kappa shape index (κ1) is 20.1. The second-order valence-electron chi connectivity index (χ2n) is 7.26. The van der Waals surface area contributed by atoms with Crippen LogP contribution in [0.3, 0.4) is 0 Å². The van der Waals surface area contributed by atoms with Gasteiger partial charge in [0.15, 0.2) is 14.1 Å². The molecule has 0 unspecified atom stereocenters. The van der Waals surface area contributed by atoms with Gasteiger partial charge in [-0.15, -0.1) is 0 Å². The van der Waals surface area contributed by atoms with Crippen molar-refractivity contribution in [2.75, 3.05) is 0 Å². The van der Waals surface area contributed by atoms with E-state index in [1.807, 2.05) is 25.4 Å². The van der Waals surface area contributed by atoms with Crippen molar-refractivity contribution in [2.45, 2.75) is 65.8 Å². The summed E-state index contributed by atoms with van der Waals surface area (Å²) in [6.45, 7) is 15.7. The monoisotopic (exact) mass is 352 g/mol. The van der Waals surface area contributed by atoms with Crippen molar-refractivity contribution >= 4 is 25.5 Å². The molecule has 1 aromatic rings. The van der Waals surface area contributed by atoms with Gasteiger partial charge in [0, 0.05) is 28.6 Å². The van der Waals surface area contributed by atoms with Gasteiger partial charge >= 0.3 is 0 Å². The molecule has 0 radical (unpaired) electrons. The van der Waals surface area contributed by atoms with Gasteiger partial charge < -0.3 is 4.43 Å². The second kappa shape index (κ2) is 8.22. The Kier molecular flexibility index (Phi) is 7.18. The molecule has 0 aliphatic rings. The predicted molar refractivity (Wildman–Crippen MR) is 102 cm³/mol. The molecule has 0 atom stereocenters. The van der Waals surface area contributed by atoms with E-state index in [1.54, 1.807) is 0 Å². The van der Waals surface area contributed by atoms with Crippen LogP contribution < -0.4 is 0 Å². The Labute approximate surface area is 147 Å². The van der Waals surface area contributed by atoms with E-state index in [0.29, 0.717) is 12.4 Å². The average Bonchev–Trinajstić information content (AvgIpc) is 2.44. The van der Waals surface area contributed by atoms with E-state index in [1.165, 1.54) is 0 Å². The molecule has 1 rings (SSSR count). The zero-order valence-corrected chi connectivity index (χ0v) is 17.2. The van der Waals surface area contributed by atoms with Crippen LogP contribution in [-0.4, -0.2) is 18.3 Å². The van der Waals surface area contributed by atoms with E-state index < -0.39 is 8.32 Å². The van der Waals surface area contributed by atoms with Crippen molar-refractivity contribution in [3.8, 4) is 0 Å². The molecule has 0 amide bonds. The maximum Gasteiger partial charge on any atom is 0.192 e. The normalized spacial score (nSPS) is 14.3. The van der Waals surface area contributed by atoms with Crippen molar-refractivity contribution in [2.24, 2.45) is 0 Å². The molecule has 0 aliphatic heterocycles. The van der Waals surface area contributed by atoms with Crippen molar-refractivity contribution in [3.63, 3.8) is 0 Å². The highest BCUT2D eigenvalue weighted by molar-refractivity contribution is 6.74. The molecule has 0 saturated heterocycles. The summed E-state index contributed by atoms with van der Waals surface area (Å²) in [7, 11) is -1.75. The summed E-state index contributed by atoms with van der Waals surface area (Å²) in [5.41, 5.74) is 1.96. The van der Waals surface area contributed by atoms with Crippen LogP contribution in [0.15, 0.2) is 29.6 Å². The molecular weight excluding hydrogens is 324 g/mol. The van der Waals surface area contributed by atoms with Crippen LogP contribution >= 0.6 is 11.6 Å². The maximum absolute atomic E-state index is 6.20. The molecule has 128 valence electrons. The van der Waals surface area contributed by atoms with Gasteiger partial charge in [0.05, 0.1) is 6.61 Å². The molecule has 23 heavy (non-hydrogen) atoms. The Morgan fingerprint density at radius 2 is 1.83 bits per heavy atom. The summed E-state index contributed by atoms with van der Waals surface area (Å²) in [5.74, 6) is 0.697. The number of hydrogen-bond donors (Lipinski definition) is 0. The quantitative estimate of drug-likeness (QED) is 0.469. The smallest absolute Gasteiger partial charge is 0.192 e. The SMILES string of the molecule is CCC=C(C=C(C)Cl)c1ncc(CO[Si](C)(C)C(C)(C)C)cn1. The standard InChI is InChI=1S/C18H29ClN2OSi/c1-8-9-16(10-14(2)19)17-20-11-15(12-21-17)13-22-23(6,7)18(3,4)5/h9-12H,8,13H2,1-7H3. The highest BCUT2D eigenvalue weighted by Crippen LogP contribution is 2.37. The lowest BCUT2D eigenvalue weighted by Gasteiger charge is -2.36. The van der Waals surface area contributed by atoms with Crippen LogP contribution in [0.2, 0.25) is 18.1 Å². The van der Waals surface area contributed by atoms with E-state index in [-0.39, 0.29) is 5.04 Å². The molecule has 0 aliphatic carbocycles. The van der Waals surface area contributed by atoms with E-state index >= 15 is 0 Å². The largest absolute Gasteiger partial charge is 0.412 e. The van der Waals surface area contributed by atoms with E-state index in [4.69, 9.17) is 16.0 Å². The number of rotatable bonds is 6. The first-order valence-corrected chi connectivity index (χ1v) is 11.3. The Morgan fingerprint density at radius 1 is 1.26 bits per heavy atom. The van der Waals surface area contributed by atoms with Crippen LogP contribution in [0.5, 0.6) is 0 Å². The Morgan fingerprint density at radius 3 is 2.26 bits per heavy atom. The fourth-order valence-corrected chi connectivity index (χ4v) is 2.79. The summed E-state index contributed by atoms with van der Waals surface area (Å²) >= 11 is 5.98. The fraction of sp³-hybridized carbons (Fsp3) is 0.556. The minimum Gasteiger partial charge on any atom is -0.412 e. The van der Waals surface area contributed by atoms with Crippen molar-refractivity contribution in [3.05, 3.63) is 41.0 Å². The Bertz CT molecular complexity index is 568. The van der Waals surface area contributed by atoms with Gasteiger partial charge in [0.2, 0.25) is 0 Å². The Balaban J connectivity index is 2.85. The maximum atomic E-state index is 6.20. The summed E-state index contributed by atoms with van der Waals surface area (Å²) in [6.07, 6.45) is 8.57. The molecule has 1 aromatic heterocycles. The van der Waals surface area contributed by atoms with Gasteiger partial charge in [-0.1, -0.05) is 45.4 Å². The van der Waals surface area contributed by atoms with Crippen molar-refractivity contribution in [1.29, 1.82) is 0 Å². The first-order valence-electron chi connectivity index (χ1n) is 8.06. The predicted octanol–water partition coefficient (Wildman–Crippen LogP) is 5.93. The summed E-state index contributed by atoms with van der Waals surface area (Å²) < 4.78 is 6.20. The lowest BCUT2D eigenvalue weighted by atomic mass is 10.2. The van der Waals surface area contributed by atoms with Gasteiger partial charge in [-0.2, -0.15) is 0 Å². The van der Waals surface area contributed by atoms with Crippen molar-refractivity contribution in [1.82, 2.24) is 9.97 Å². The summed E-state index contributed by atoms with van der Waals surface area (Å²) in [5, 5.41) is 0.923. The lowest BCUT2D eigenvalue weighted by molar-refractivity contribution is 0.275. The molecular formula is C18H29ClN2OSi. The van der Waals surface area contributed by atoms with E-state index in [9.17, 15) is 0 Å². The molecule has 0 spiro atoms. The van der Waals surface area contributed by atoms with Crippen LogP contribution in [0.25, 0.3) is 5.57 Å². The minimum absolute atomic E-state index is 0.202. The zero-order valence-electron chi connectivity index (χ0n) is 15.4.